The third-order valence-electron chi connectivity index (χ3n) is 2.69. The van der Waals surface area contributed by atoms with Crippen molar-refractivity contribution in [2.24, 2.45) is 0 Å². The van der Waals surface area contributed by atoms with Crippen LogP contribution in [0.5, 0.6) is 0 Å². The number of nitrogens with one attached hydrogen (secondary N) is 1. The second kappa shape index (κ2) is 5.32. The molecule has 0 aliphatic carbocycles. The Balaban J connectivity index is 2.48. The highest BCUT2D eigenvalue weighted by atomic mass is 16.5. The molecule has 1 saturated heterocycles. The Hall–Kier alpha value is -0.610. The summed E-state index contributed by atoms with van der Waals surface area (Å²) < 4.78 is 10.6. The van der Waals surface area contributed by atoms with Gasteiger partial charge in [-0.25, -0.2) is 0 Å². The lowest BCUT2D eigenvalue weighted by molar-refractivity contribution is -0.00461. The van der Waals surface area contributed by atoms with Crippen LogP contribution in [-0.2, 0) is 9.47 Å². The number of hydrogen-bond acceptors (Lipinski definition) is 3. The summed E-state index contributed by atoms with van der Waals surface area (Å²) >= 11 is 0. The zero-order valence-electron chi connectivity index (χ0n) is 9.25. The largest absolute Gasteiger partial charge is 0.377 e. The average Bonchev–Trinajstić information content (AvgIpc) is 2.61. The van der Waals surface area contributed by atoms with E-state index < -0.39 is 0 Å². The van der Waals surface area contributed by atoms with E-state index in [1.165, 1.54) is 0 Å². The first-order chi connectivity index (χ1) is 6.72. The molecule has 0 spiro atoms. The maximum atomic E-state index is 7.83. The molecule has 0 amide bonds. The number of nitrogens with zero attached hydrogens (tertiary/aromatic N) is 1. The molecule has 0 saturated carbocycles. The fourth-order valence-corrected chi connectivity index (χ4v) is 1.81. The van der Waals surface area contributed by atoms with Gasteiger partial charge in [0.15, 0.2) is 0 Å². The molecular formula is C10H20N2O2. The molecule has 1 aliphatic rings. The molecule has 1 aliphatic heterocycles. The van der Waals surface area contributed by atoms with Crippen molar-refractivity contribution in [1.29, 1.82) is 5.41 Å². The predicted molar refractivity (Wildman–Crippen MR) is 55.8 cm³/mol. The highest BCUT2D eigenvalue weighted by Gasteiger charge is 2.33. The van der Waals surface area contributed by atoms with Gasteiger partial charge < -0.3 is 14.4 Å². The third kappa shape index (κ3) is 2.45. The van der Waals surface area contributed by atoms with Crippen LogP contribution in [0.25, 0.3) is 0 Å². The molecule has 0 aromatic carbocycles. The first kappa shape index (κ1) is 11.5. The summed E-state index contributed by atoms with van der Waals surface area (Å²) in [6.07, 6.45) is 2.08. The quantitative estimate of drug-likeness (QED) is 0.546. The molecule has 0 aromatic heterocycles. The van der Waals surface area contributed by atoms with Crippen LogP contribution in [0.4, 0.5) is 0 Å². The van der Waals surface area contributed by atoms with Crippen LogP contribution in [0.3, 0.4) is 0 Å². The van der Waals surface area contributed by atoms with E-state index in [1.54, 1.807) is 14.2 Å². The second-order valence-electron chi connectivity index (χ2n) is 3.65. The van der Waals surface area contributed by atoms with Crippen LogP contribution in [0.1, 0.15) is 19.8 Å². The number of hydrogen-bond donors (Lipinski definition) is 1. The van der Waals surface area contributed by atoms with Gasteiger partial charge in [0.05, 0.1) is 5.84 Å². The molecule has 1 rings (SSSR count). The van der Waals surface area contributed by atoms with Gasteiger partial charge in [0.1, 0.15) is 12.2 Å². The minimum Gasteiger partial charge on any atom is -0.377 e. The average molecular weight is 200 g/mol. The molecule has 1 N–H and O–H groups in total. The van der Waals surface area contributed by atoms with Crippen LogP contribution in [0.2, 0.25) is 0 Å². The van der Waals surface area contributed by atoms with Gasteiger partial charge in [-0.1, -0.05) is 6.92 Å². The second-order valence-corrected chi connectivity index (χ2v) is 3.65. The van der Waals surface area contributed by atoms with Gasteiger partial charge in [0.2, 0.25) is 0 Å². The van der Waals surface area contributed by atoms with Crippen LogP contribution < -0.4 is 0 Å². The Morgan fingerprint density at radius 2 is 1.79 bits per heavy atom. The molecule has 0 radical (unpaired) electrons. The standard InChI is InChI=1S/C10H20N2O2/c1-4-5-10(11)12-6-8(13-2)9(7-12)14-3/h8-9,11H,4-7H2,1-3H3. The molecule has 82 valence electrons. The molecule has 4 heteroatoms. The Morgan fingerprint density at radius 1 is 1.29 bits per heavy atom. The smallest absolute Gasteiger partial charge is 0.102 e. The maximum Gasteiger partial charge on any atom is 0.102 e. The molecule has 4 nitrogen and oxygen atoms in total. The van der Waals surface area contributed by atoms with E-state index >= 15 is 0 Å². The van der Waals surface area contributed by atoms with E-state index in [1.807, 2.05) is 4.90 Å². The fraction of sp³-hybridized carbons (Fsp3) is 0.900. The molecular weight excluding hydrogens is 180 g/mol. The number of likely N-dealkylation sites (tertiary alicyclic amines) is 1. The number of rotatable bonds is 4. The fourth-order valence-electron chi connectivity index (χ4n) is 1.81. The van der Waals surface area contributed by atoms with Gasteiger partial charge in [0.25, 0.3) is 0 Å². The van der Waals surface area contributed by atoms with Crippen LogP contribution in [0, 0.1) is 5.41 Å². The van der Waals surface area contributed by atoms with E-state index in [0.717, 1.165) is 25.9 Å². The van der Waals surface area contributed by atoms with Crippen LogP contribution in [-0.4, -0.2) is 50.3 Å². The maximum absolute atomic E-state index is 7.83. The number of ether oxygens (including phenoxy) is 2. The van der Waals surface area contributed by atoms with Crippen molar-refractivity contribution in [3.05, 3.63) is 0 Å². The van der Waals surface area contributed by atoms with Gasteiger partial charge in [-0.05, 0) is 6.42 Å². The Labute approximate surface area is 85.7 Å². The lowest BCUT2D eigenvalue weighted by Gasteiger charge is -2.18. The first-order valence-corrected chi connectivity index (χ1v) is 5.10. The van der Waals surface area contributed by atoms with Crippen molar-refractivity contribution >= 4 is 5.84 Å². The zero-order chi connectivity index (χ0) is 10.6. The Kier molecular flexibility index (Phi) is 4.35. The lowest BCUT2D eigenvalue weighted by atomic mass is 10.3. The van der Waals surface area contributed by atoms with Crippen molar-refractivity contribution in [3.8, 4) is 0 Å². The summed E-state index contributed by atoms with van der Waals surface area (Å²) in [4.78, 5) is 2.05. The van der Waals surface area contributed by atoms with Crippen molar-refractivity contribution in [1.82, 2.24) is 4.90 Å². The van der Waals surface area contributed by atoms with Crippen LogP contribution in [0.15, 0.2) is 0 Å². The topological polar surface area (TPSA) is 45.6 Å². The van der Waals surface area contributed by atoms with E-state index in [4.69, 9.17) is 14.9 Å². The zero-order valence-corrected chi connectivity index (χ0v) is 9.25. The highest BCUT2D eigenvalue weighted by molar-refractivity contribution is 5.79. The summed E-state index contributed by atoms with van der Waals surface area (Å²) in [5, 5.41) is 7.83. The van der Waals surface area contributed by atoms with Gasteiger partial charge in [-0.3, -0.25) is 5.41 Å². The van der Waals surface area contributed by atoms with E-state index in [2.05, 4.69) is 6.92 Å². The lowest BCUT2D eigenvalue weighted by Crippen LogP contribution is -2.29. The number of methoxy groups -OCH3 is 2. The predicted octanol–water partition coefficient (Wildman–Crippen LogP) is 1.11. The molecule has 2 atom stereocenters. The van der Waals surface area contributed by atoms with Gasteiger partial charge >= 0.3 is 0 Å². The van der Waals surface area contributed by atoms with Gasteiger partial charge in [-0.15, -0.1) is 0 Å². The third-order valence-corrected chi connectivity index (χ3v) is 2.69. The minimum absolute atomic E-state index is 0.109. The normalized spacial score (nSPS) is 26.9. The van der Waals surface area contributed by atoms with Gasteiger partial charge in [-0.2, -0.15) is 0 Å². The molecule has 0 aromatic rings. The first-order valence-electron chi connectivity index (χ1n) is 5.10. The van der Waals surface area contributed by atoms with E-state index in [0.29, 0.717) is 5.84 Å². The Bertz CT molecular complexity index is 185. The van der Waals surface area contributed by atoms with Crippen LogP contribution >= 0.6 is 0 Å². The Morgan fingerprint density at radius 3 is 2.14 bits per heavy atom. The monoisotopic (exact) mass is 200 g/mol. The summed E-state index contributed by atoms with van der Waals surface area (Å²) in [5.74, 6) is 0.703. The van der Waals surface area contributed by atoms with E-state index in [-0.39, 0.29) is 12.2 Å². The highest BCUT2D eigenvalue weighted by Crippen LogP contribution is 2.16. The summed E-state index contributed by atoms with van der Waals surface area (Å²) in [6, 6.07) is 0. The summed E-state index contributed by atoms with van der Waals surface area (Å²) in [6.45, 7) is 3.66. The van der Waals surface area contributed by atoms with E-state index in [9.17, 15) is 0 Å². The molecule has 1 heterocycles. The molecule has 0 bridgehead atoms. The van der Waals surface area contributed by atoms with Crippen molar-refractivity contribution < 1.29 is 9.47 Å². The number of amidine groups is 1. The summed E-state index contributed by atoms with van der Waals surface area (Å²) in [5.41, 5.74) is 0. The molecule has 14 heavy (non-hydrogen) atoms. The van der Waals surface area contributed by atoms with Crippen molar-refractivity contribution in [3.63, 3.8) is 0 Å². The van der Waals surface area contributed by atoms with Gasteiger partial charge in [0, 0.05) is 33.7 Å². The SMILES string of the molecule is CCCC(=N)N1CC(OC)C(OC)C1. The summed E-state index contributed by atoms with van der Waals surface area (Å²) in [7, 11) is 3.40. The van der Waals surface area contributed by atoms with Crippen molar-refractivity contribution in [2.75, 3.05) is 27.3 Å². The van der Waals surface area contributed by atoms with Crippen molar-refractivity contribution in [2.45, 2.75) is 32.0 Å². The molecule has 1 fully saturated rings. The minimum atomic E-state index is 0.109. The molecule has 2 unspecified atom stereocenters.